The maximum absolute atomic E-state index is 13.4. The monoisotopic (exact) mass is 409 g/mol. The number of likely N-dealkylation sites (N-methyl/N-ethyl adjacent to an activating group) is 1. The second-order valence-corrected chi connectivity index (χ2v) is 7.85. The van der Waals surface area contributed by atoms with Gasteiger partial charge in [-0.1, -0.05) is 13.0 Å². The van der Waals surface area contributed by atoms with E-state index >= 15 is 0 Å². The van der Waals surface area contributed by atoms with Crippen LogP contribution in [0.5, 0.6) is 0 Å². The first-order valence-corrected chi connectivity index (χ1v) is 10.2. The number of benzene rings is 1. The van der Waals surface area contributed by atoms with Crippen LogP contribution in [0.2, 0.25) is 0 Å². The number of carbonyl (C=O) groups excluding carboxylic acids is 1. The highest BCUT2D eigenvalue weighted by Gasteiger charge is 2.21. The van der Waals surface area contributed by atoms with Crippen molar-refractivity contribution in [3.05, 3.63) is 35.4 Å². The lowest BCUT2D eigenvalue weighted by Gasteiger charge is -2.33. The molecule has 29 heavy (non-hydrogen) atoms. The molecule has 1 saturated heterocycles. The Morgan fingerprint density at radius 1 is 1.28 bits per heavy atom. The second-order valence-electron chi connectivity index (χ2n) is 7.85. The molecule has 2 rings (SSSR count). The Balaban J connectivity index is 1.88. The molecule has 1 unspecified atom stereocenters. The number of aliphatic imine (C=N–C) groups is 1. The van der Waals surface area contributed by atoms with Gasteiger partial charge in [0.25, 0.3) is 0 Å². The third-order valence-corrected chi connectivity index (χ3v) is 5.19. The van der Waals surface area contributed by atoms with Crippen LogP contribution in [-0.4, -0.2) is 67.5 Å². The van der Waals surface area contributed by atoms with Gasteiger partial charge in [0.1, 0.15) is 6.54 Å². The van der Waals surface area contributed by atoms with Crippen molar-refractivity contribution in [2.24, 2.45) is 4.99 Å². The van der Waals surface area contributed by atoms with Crippen LogP contribution >= 0.6 is 0 Å². The van der Waals surface area contributed by atoms with E-state index in [1.807, 2.05) is 0 Å². The first-order valence-electron chi connectivity index (χ1n) is 10.2. The molecule has 162 valence electrons. The lowest BCUT2D eigenvalue weighted by molar-refractivity contribution is -0.127. The van der Waals surface area contributed by atoms with Gasteiger partial charge >= 0.3 is 0 Å². The zero-order valence-corrected chi connectivity index (χ0v) is 17.8. The molecule has 0 bridgehead atoms. The van der Waals surface area contributed by atoms with Crippen molar-refractivity contribution in [3.8, 4) is 0 Å². The van der Waals surface area contributed by atoms with Gasteiger partial charge in [0, 0.05) is 45.8 Å². The van der Waals surface area contributed by atoms with E-state index < -0.39 is 11.6 Å². The van der Waals surface area contributed by atoms with Gasteiger partial charge in [0.2, 0.25) is 5.91 Å². The van der Waals surface area contributed by atoms with Gasteiger partial charge in [-0.25, -0.2) is 13.8 Å². The summed E-state index contributed by atoms with van der Waals surface area (Å²) in [6.07, 6.45) is 2.77. The van der Waals surface area contributed by atoms with E-state index in [-0.39, 0.29) is 24.5 Å². The second kappa shape index (κ2) is 11.1. The normalized spacial score (nSPS) is 17.1. The molecule has 8 heteroatoms. The van der Waals surface area contributed by atoms with Gasteiger partial charge in [-0.15, -0.1) is 0 Å². The quantitative estimate of drug-likeness (QED) is 0.536. The molecule has 0 spiro atoms. The minimum absolute atomic E-state index is 0.0448. The number of amides is 1. The number of halogens is 2. The highest BCUT2D eigenvalue weighted by molar-refractivity contribution is 5.85. The van der Waals surface area contributed by atoms with E-state index in [4.69, 9.17) is 0 Å². The largest absolute Gasteiger partial charge is 0.354 e. The van der Waals surface area contributed by atoms with Gasteiger partial charge in [-0.3, -0.25) is 9.69 Å². The minimum Gasteiger partial charge on any atom is -0.354 e. The maximum Gasteiger partial charge on any atom is 0.243 e. The summed E-state index contributed by atoms with van der Waals surface area (Å²) in [6.45, 7) is 6.58. The fraction of sp³-hybridized carbons (Fsp3) is 0.619. The molecule has 0 radical (unpaired) electrons. The zero-order valence-electron chi connectivity index (χ0n) is 17.8. The molecule has 1 aromatic rings. The van der Waals surface area contributed by atoms with Crippen molar-refractivity contribution >= 4 is 11.9 Å². The molecule has 1 fully saturated rings. The van der Waals surface area contributed by atoms with E-state index in [0.717, 1.165) is 37.9 Å². The Labute approximate surface area is 172 Å². The van der Waals surface area contributed by atoms with E-state index in [0.29, 0.717) is 12.5 Å². The van der Waals surface area contributed by atoms with Gasteiger partial charge in [-0.2, -0.15) is 0 Å². The van der Waals surface area contributed by atoms with E-state index in [1.165, 1.54) is 17.0 Å². The molecule has 2 N–H and O–H groups in total. The molecule has 1 amide bonds. The van der Waals surface area contributed by atoms with Crippen LogP contribution in [0.25, 0.3) is 0 Å². The third kappa shape index (κ3) is 7.61. The van der Waals surface area contributed by atoms with E-state index in [2.05, 4.69) is 34.4 Å². The summed E-state index contributed by atoms with van der Waals surface area (Å²) in [5.74, 6) is -1.00. The number of hydrogen-bond acceptors (Lipinski definition) is 3. The Kier molecular flexibility index (Phi) is 8.82. The Morgan fingerprint density at radius 2 is 1.97 bits per heavy atom. The fourth-order valence-corrected chi connectivity index (χ4v) is 3.08. The summed E-state index contributed by atoms with van der Waals surface area (Å²) in [6, 6.07) is 4.58. The van der Waals surface area contributed by atoms with Crippen LogP contribution in [0.3, 0.4) is 0 Å². The molecule has 1 atom stereocenters. The molecule has 6 nitrogen and oxygen atoms in total. The average Bonchev–Trinajstić information content (AvgIpc) is 2.69. The van der Waals surface area contributed by atoms with Crippen LogP contribution in [0.1, 0.15) is 38.7 Å². The smallest absolute Gasteiger partial charge is 0.243 e. The summed E-state index contributed by atoms with van der Waals surface area (Å²) >= 11 is 0. The molecular formula is C21H33F2N5O. The van der Waals surface area contributed by atoms with Crippen molar-refractivity contribution in [2.75, 3.05) is 33.7 Å². The summed E-state index contributed by atoms with van der Waals surface area (Å²) in [5.41, 5.74) is 0.776. The summed E-state index contributed by atoms with van der Waals surface area (Å²) in [5, 5.41) is 6.80. The highest BCUT2D eigenvalue weighted by Crippen LogP contribution is 2.16. The summed E-state index contributed by atoms with van der Waals surface area (Å²) in [7, 11) is 3.44. The van der Waals surface area contributed by atoms with Crippen molar-refractivity contribution in [1.82, 2.24) is 20.4 Å². The number of guanidine groups is 1. The van der Waals surface area contributed by atoms with E-state index in [9.17, 15) is 13.6 Å². The number of likely N-dealkylation sites (tertiary alicyclic amines) is 1. The van der Waals surface area contributed by atoms with E-state index in [1.54, 1.807) is 20.2 Å². The standard InChI is InChI=1S/C21H33F2N5O/c1-5-15(2)25-21(24-13-20(29)27(3)4)26-17-8-10-28(11-9-17)14-16-6-7-18(22)19(23)12-16/h6-7,12,15,17H,5,8-11,13-14H2,1-4H3,(H2,24,25,26). The molecule has 1 aromatic carbocycles. The lowest BCUT2D eigenvalue weighted by atomic mass is 10.0. The van der Waals surface area contributed by atoms with Crippen molar-refractivity contribution < 1.29 is 13.6 Å². The maximum atomic E-state index is 13.4. The first kappa shape index (κ1) is 23.1. The Morgan fingerprint density at radius 3 is 2.55 bits per heavy atom. The lowest BCUT2D eigenvalue weighted by Crippen LogP contribution is -2.50. The van der Waals surface area contributed by atoms with Crippen LogP contribution in [0, 0.1) is 11.6 Å². The van der Waals surface area contributed by atoms with Crippen LogP contribution < -0.4 is 10.6 Å². The molecule has 1 heterocycles. The summed E-state index contributed by atoms with van der Waals surface area (Å²) in [4.78, 5) is 20.1. The number of nitrogens with one attached hydrogen (secondary N) is 2. The third-order valence-electron chi connectivity index (χ3n) is 5.19. The minimum atomic E-state index is -0.815. The molecular weight excluding hydrogens is 376 g/mol. The molecule has 1 aliphatic heterocycles. The van der Waals surface area contributed by atoms with Crippen molar-refractivity contribution in [2.45, 2.75) is 51.7 Å². The number of hydrogen-bond donors (Lipinski definition) is 2. The Hall–Kier alpha value is -2.22. The number of carbonyl (C=O) groups is 1. The van der Waals surface area contributed by atoms with Gasteiger partial charge in [0.05, 0.1) is 0 Å². The topological polar surface area (TPSA) is 60.0 Å². The number of nitrogens with zero attached hydrogens (tertiary/aromatic N) is 3. The SMILES string of the molecule is CCC(C)NC(=NCC(=O)N(C)C)NC1CCN(Cc2ccc(F)c(F)c2)CC1. The zero-order chi connectivity index (χ0) is 21.4. The number of rotatable bonds is 7. The highest BCUT2D eigenvalue weighted by atomic mass is 19.2. The molecule has 0 saturated carbocycles. The number of piperidine rings is 1. The van der Waals surface area contributed by atoms with Gasteiger partial charge in [-0.05, 0) is 43.9 Å². The van der Waals surface area contributed by atoms with Gasteiger partial charge in [0.15, 0.2) is 17.6 Å². The van der Waals surface area contributed by atoms with Crippen LogP contribution in [-0.2, 0) is 11.3 Å². The predicted molar refractivity (Wildman–Crippen MR) is 112 cm³/mol. The van der Waals surface area contributed by atoms with Crippen molar-refractivity contribution in [1.29, 1.82) is 0 Å². The fourth-order valence-electron chi connectivity index (χ4n) is 3.08. The van der Waals surface area contributed by atoms with Crippen molar-refractivity contribution in [3.63, 3.8) is 0 Å². The van der Waals surface area contributed by atoms with Crippen LogP contribution in [0.15, 0.2) is 23.2 Å². The molecule has 0 aliphatic carbocycles. The summed E-state index contributed by atoms with van der Waals surface area (Å²) < 4.78 is 26.5. The average molecular weight is 410 g/mol. The van der Waals surface area contributed by atoms with Crippen LogP contribution in [0.4, 0.5) is 8.78 Å². The van der Waals surface area contributed by atoms with Gasteiger partial charge < -0.3 is 15.5 Å². The molecule has 1 aliphatic rings. The first-order chi connectivity index (χ1) is 13.8. The Bertz CT molecular complexity index is 702. The predicted octanol–water partition coefficient (Wildman–Crippen LogP) is 2.35. The molecule has 0 aromatic heterocycles.